The highest BCUT2D eigenvalue weighted by molar-refractivity contribution is 5.94. The highest BCUT2D eigenvalue weighted by Gasteiger charge is 2.26. The molecule has 0 radical (unpaired) electrons. The van der Waals surface area contributed by atoms with Crippen LogP contribution in [0.5, 0.6) is 0 Å². The summed E-state index contributed by atoms with van der Waals surface area (Å²) in [5, 5.41) is 15.0. The van der Waals surface area contributed by atoms with Gasteiger partial charge in [0.05, 0.1) is 6.04 Å². The minimum absolute atomic E-state index is 0.00423. The Morgan fingerprint density at radius 2 is 2.08 bits per heavy atom. The lowest BCUT2D eigenvalue weighted by molar-refractivity contribution is 0.0919. The second-order valence-electron chi connectivity index (χ2n) is 6.36. The first kappa shape index (κ1) is 16.6. The van der Waals surface area contributed by atoms with Gasteiger partial charge in [-0.05, 0) is 48.9 Å². The highest BCUT2D eigenvalue weighted by atomic mass is 16.1. The molecule has 24 heavy (non-hydrogen) atoms. The maximum Gasteiger partial charge on any atom is 0.251 e. The van der Waals surface area contributed by atoms with Crippen molar-refractivity contribution < 1.29 is 4.79 Å². The van der Waals surface area contributed by atoms with E-state index in [-0.39, 0.29) is 18.0 Å². The Kier molecular flexibility index (Phi) is 5.20. The minimum Gasteiger partial charge on any atom is -0.348 e. The number of aryl methyl sites for hydroxylation is 1. The largest absolute Gasteiger partial charge is 0.348 e. The number of amides is 1. The van der Waals surface area contributed by atoms with Crippen LogP contribution in [0.25, 0.3) is 0 Å². The number of carbonyl (C=O) groups is 1. The molecule has 1 aromatic heterocycles. The molecule has 1 aliphatic heterocycles. The van der Waals surface area contributed by atoms with Gasteiger partial charge in [-0.25, -0.2) is 4.68 Å². The number of rotatable bonds is 4. The monoisotopic (exact) mass is 328 g/mol. The zero-order valence-corrected chi connectivity index (χ0v) is 14.2. The summed E-state index contributed by atoms with van der Waals surface area (Å²) < 4.78 is 1.72. The van der Waals surface area contributed by atoms with Gasteiger partial charge < -0.3 is 5.32 Å². The van der Waals surface area contributed by atoms with Crippen molar-refractivity contribution in [1.82, 2.24) is 30.4 Å². The van der Waals surface area contributed by atoms with Gasteiger partial charge in [-0.3, -0.25) is 9.69 Å². The van der Waals surface area contributed by atoms with Gasteiger partial charge in [-0.15, -0.1) is 5.10 Å². The molecular formula is C17H24N6O. The molecule has 1 amide bonds. The third kappa shape index (κ3) is 3.79. The van der Waals surface area contributed by atoms with Gasteiger partial charge in [0.2, 0.25) is 0 Å². The van der Waals surface area contributed by atoms with E-state index in [1.165, 1.54) is 0 Å². The van der Waals surface area contributed by atoms with Crippen molar-refractivity contribution in [1.29, 1.82) is 0 Å². The summed E-state index contributed by atoms with van der Waals surface area (Å²) in [6.45, 7) is 3.92. The van der Waals surface area contributed by atoms with Crippen LogP contribution in [0.3, 0.4) is 0 Å². The quantitative estimate of drug-likeness (QED) is 0.922. The van der Waals surface area contributed by atoms with Gasteiger partial charge >= 0.3 is 0 Å². The van der Waals surface area contributed by atoms with E-state index in [9.17, 15) is 4.79 Å². The maximum absolute atomic E-state index is 12.4. The topological polar surface area (TPSA) is 75.9 Å². The average Bonchev–Trinajstić information content (AvgIpc) is 2.89. The van der Waals surface area contributed by atoms with Crippen molar-refractivity contribution in [2.24, 2.45) is 7.05 Å². The Balaban J connectivity index is 1.66. The van der Waals surface area contributed by atoms with E-state index in [2.05, 4.69) is 32.7 Å². The van der Waals surface area contributed by atoms with Gasteiger partial charge in [0.15, 0.2) is 5.82 Å². The van der Waals surface area contributed by atoms with Crippen LogP contribution < -0.4 is 5.32 Å². The number of aromatic nitrogens is 4. The summed E-state index contributed by atoms with van der Waals surface area (Å²) in [4.78, 5) is 14.8. The highest BCUT2D eigenvalue weighted by Crippen LogP contribution is 2.21. The SMILES string of the molecule is CC(c1nnnn1C)N1CCCC[C@H](NC(=O)c2ccccc2)C1. The minimum atomic E-state index is -0.00423. The smallest absolute Gasteiger partial charge is 0.251 e. The molecule has 1 fully saturated rings. The first-order valence-electron chi connectivity index (χ1n) is 8.47. The summed E-state index contributed by atoms with van der Waals surface area (Å²) in [5.41, 5.74) is 0.707. The maximum atomic E-state index is 12.4. The van der Waals surface area contributed by atoms with E-state index in [1.807, 2.05) is 37.4 Å². The summed E-state index contributed by atoms with van der Waals surface area (Å²) in [6.07, 6.45) is 3.23. The van der Waals surface area contributed by atoms with Crippen LogP contribution in [-0.2, 0) is 7.05 Å². The number of hydrogen-bond acceptors (Lipinski definition) is 5. The molecular weight excluding hydrogens is 304 g/mol. The standard InChI is InChI=1S/C17H24N6O/c1-13(16-19-20-21-22(16)2)23-11-7-6-10-15(12-23)18-17(24)14-8-4-3-5-9-14/h3-5,8-9,13,15H,6-7,10-12H2,1-2H3,(H,18,24)/t13?,15-/m0/s1. The van der Waals surface area contributed by atoms with Gasteiger partial charge in [-0.2, -0.15) is 0 Å². The molecule has 1 aliphatic rings. The fourth-order valence-electron chi connectivity index (χ4n) is 3.25. The Morgan fingerprint density at radius 1 is 1.29 bits per heavy atom. The Labute approximate surface area is 142 Å². The molecule has 0 bridgehead atoms. The predicted octanol–water partition coefficient (Wildman–Crippen LogP) is 1.56. The lowest BCUT2D eigenvalue weighted by Gasteiger charge is -2.29. The molecule has 1 unspecified atom stereocenters. The van der Waals surface area contributed by atoms with Crippen molar-refractivity contribution in [2.45, 2.75) is 38.3 Å². The third-order valence-electron chi connectivity index (χ3n) is 4.65. The van der Waals surface area contributed by atoms with E-state index in [0.717, 1.165) is 38.2 Å². The van der Waals surface area contributed by atoms with E-state index in [1.54, 1.807) is 4.68 Å². The number of benzene rings is 1. The first-order chi connectivity index (χ1) is 11.6. The number of tetrazole rings is 1. The van der Waals surface area contributed by atoms with Crippen molar-refractivity contribution >= 4 is 5.91 Å². The first-order valence-corrected chi connectivity index (χ1v) is 8.47. The Morgan fingerprint density at radius 3 is 2.79 bits per heavy atom. The molecule has 2 atom stereocenters. The van der Waals surface area contributed by atoms with Crippen LogP contribution in [0, 0.1) is 0 Å². The zero-order chi connectivity index (χ0) is 16.9. The Hall–Kier alpha value is -2.28. The summed E-state index contributed by atoms with van der Waals surface area (Å²) >= 11 is 0. The molecule has 0 saturated carbocycles. The van der Waals surface area contributed by atoms with Crippen LogP contribution in [0.2, 0.25) is 0 Å². The molecule has 2 aromatic rings. The fourth-order valence-corrected chi connectivity index (χ4v) is 3.25. The summed E-state index contributed by atoms with van der Waals surface area (Å²) in [7, 11) is 1.86. The predicted molar refractivity (Wildman–Crippen MR) is 90.3 cm³/mol. The number of nitrogens with one attached hydrogen (secondary N) is 1. The number of nitrogens with zero attached hydrogens (tertiary/aromatic N) is 5. The van der Waals surface area contributed by atoms with Crippen molar-refractivity contribution in [3.63, 3.8) is 0 Å². The van der Waals surface area contributed by atoms with Crippen LogP contribution in [-0.4, -0.2) is 50.1 Å². The molecule has 1 N–H and O–H groups in total. The average molecular weight is 328 g/mol. The fraction of sp³-hybridized carbons (Fsp3) is 0.529. The molecule has 128 valence electrons. The van der Waals surface area contributed by atoms with E-state index in [4.69, 9.17) is 0 Å². The summed E-state index contributed by atoms with van der Waals surface area (Å²) in [6, 6.07) is 9.65. The molecule has 3 rings (SSSR count). The van der Waals surface area contributed by atoms with Crippen LogP contribution in [0.4, 0.5) is 0 Å². The number of carbonyl (C=O) groups excluding carboxylic acids is 1. The Bertz CT molecular complexity index is 671. The molecule has 7 heteroatoms. The molecule has 1 aromatic carbocycles. The second-order valence-corrected chi connectivity index (χ2v) is 6.36. The normalized spacial score (nSPS) is 20.3. The second kappa shape index (κ2) is 7.53. The van der Waals surface area contributed by atoms with E-state index in [0.29, 0.717) is 5.56 Å². The summed E-state index contributed by atoms with van der Waals surface area (Å²) in [5.74, 6) is 0.848. The van der Waals surface area contributed by atoms with Crippen LogP contribution in [0.1, 0.15) is 48.4 Å². The molecule has 0 spiro atoms. The molecule has 1 saturated heterocycles. The van der Waals surface area contributed by atoms with Crippen molar-refractivity contribution in [3.05, 3.63) is 41.7 Å². The van der Waals surface area contributed by atoms with Gasteiger partial charge in [0, 0.05) is 25.2 Å². The zero-order valence-electron chi connectivity index (χ0n) is 14.2. The molecule has 0 aliphatic carbocycles. The van der Waals surface area contributed by atoms with Gasteiger partial charge in [-0.1, -0.05) is 24.6 Å². The third-order valence-corrected chi connectivity index (χ3v) is 4.65. The molecule has 2 heterocycles. The van der Waals surface area contributed by atoms with Crippen LogP contribution >= 0.6 is 0 Å². The van der Waals surface area contributed by atoms with E-state index < -0.39 is 0 Å². The van der Waals surface area contributed by atoms with Gasteiger partial charge in [0.1, 0.15) is 0 Å². The lowest BCUT2D eigenvalue weighted by atomic mass is 10.1. The molecule has 7 nitrogen and oxygen atoms in total. The van der Waals surface area contributed by atoms with Crippen LogP contribution in [0.15, 0.2) is 30.3 Å². The number of hydrogen-bond donors (Lipinski definition) is 1. The number of likely N-dealkylation sites (tertiary alicyclic amines) is 1. The van der Waals surface area contributed by atoms with Gasteiger partial charge in [0.25, 0.3) is 5.91 Å². The van der Waals surface area contributed by atoms with E-state index >= 15 is 0 Å². The van der Waals surface area contributed by atoms with Crippen molar-refractivity contribution in [3.8, 4) is 0 Å². The van der Waals surface area contributed by atoms with Crippen molar-refractivity contribution in [2.75, 3.05) is 13.1 Å². The lowest BCUT2D eigenvalue weighted by Crippen LogP contribution is -2.43.